The molecule has 9 heteroatoms. The summed E-state index contributed by atoms with van der Waals surface area (Å²) in [7, 11) is -3.14. The normalized spacial score (nSPS) is 11.1. The third-order valence-electron chi connectivity index (χ3n) is 5.21. The summed E-state index contributed by atoms with van der Waals surface area (Å²) < 4.78 is 38.5. The smallest absolute Gasteiger partial charge is 0.259 e. The lowest BCUT2D eigenvalue weighted by Gasteiger charge is -2.20. The number of para-hydroxylation sites is 1. The van der Waals surface area contributed by atoms with Gasteiger partial charge in [-0.25, -0.2) is 22.1 Å². The molecule has 0 saturated heterocycles. The van der Waals surface area contributed by atoms with Gasteiger partial charge in [0.25, 0.3) is 5.91 Å². The van der Waals surface area contributed by atoms with Crippen LogP contribution < -0.4 is 9.62 Å². The molecule has 1 aromatic heterocycles. The number of nitrogens with zero attached hydrogens (tertiary/aromatic N) is 2. The van der Waals surface area contributed by atoms with Crippen LogP contribution in [0.25, 0.3) is 11.3 Å². The number of halogens is 1. The topological polar surface area (TPSA) is 79.4 Å². The van der Waals surface area contributed by atoms with Crippen molar-refractivity contribution < 1.29 is 17.6 Å². The van der Waals surface area contributed by atoms with E-state index < -0.39 is 22.6 Å². The molecule has 0 aliphatic heterocycles. The first-order valence-electron chi connectivity index (χ1n) is 10.5. The molecule has 4 rings (SSSR count). The Bertz CT molecular complexity index is 1370. The molecule has 4 aromatic rings. The Kier molecular flexibility index (Phi) is 7.04. The Morgan fingerprint density at radius 1 is 1.00 bits per heavy atom. The highest BCUT2D eigenvalue weighted by Crippen LogP contribution is 2.31. The molecule has 0 saturated carbocycles. The lowest BCUT2D eigenvalue weighted by molar-refractivity contribution is 0.102. The van der Waals surface area contributed by atoms with Crippen molar-refractivity contribution in [2.45, 2.75) is 19.8 Å². The first-order valence-corrected chi connectivity index (χ1v) is 12.5. The Morgan fingerprint density at radius 2 is 1.68 bits per heavy atom. The van der Waals surface area contributed by atoms with E-state index >= 15 is 0 Å². The van der Waals surface area contributed by atoms with Gasteiger partial charge < -0.3 is 0 Å². The molecule has 0 bridgehead atoms. The fraction of sp³-hybridized carbons (Fsp3) is 0.120. The molecule has 0 unspecified atom stereocenters. The highest BCUT2D eigenvalue weighted by molar-refractivity contribution is 7.74. The molecular weight excluding hydrogens is 473 g/mol. The van der Waals surface area contributed by atoms with Crippen LogP contribution in [0.2, 0.25) is 0 Å². The number of anilines is 3. The zero-order valence-corrected chi connectivity index (χ0v) is 20.1. The third-order valence-corrected chi connectivity index (χ3v) is 6.74. The molecule has 0 fully saturated rings. The summed E-state index contributed by atoms with van der Waals surface area (Å²) in [6.07, 6.45) is 0. The van der Waals surface area contributed by atoms with Gasteiger partial charge in [0.2, 0.25) is 10.9 Å². The first kappa shape index (κ1) is 23.6. The number of carbonyl (C=O) groups excluding carboxylic acids is 1. The molecule has 174 valence electrons. The van der Waals surface area contributed by atoms with Gasteiger partial charge in [0.05, 0.1) is 22.6 Å². The van der Waals surface area contributed by atoms with Crippen LogP contribution in [-0.2, 0) is 10.9 Å². The van der Waals surface area contributed by atoms with Gasteiger partial charge in [-0.3, -0.25) is 10.1 Å². The molecule has 3 aromatic carbocycles. The Labute approximate surface area is 202 Å². The van der Waals surface area contributed by atoms with E-state index in [1.54, 1.807) is 12.1 Å². The van der Waals surface area contributed by atoms with E-state index in [1.807, 2.05) is 17.5 Å². The van der Waals surface area contributed by atoms with Crippen molar-refractivity contribution in [3.8, 4) is 11.3 Å². The lowest BCUT2D eigenvalue weighted by Crippen LogP contribution is -2.20. The molecule has 1 amide bonds. The van der Waals surface area contributed by atoms with Crippen molar-refractivity contribution in [3.05, 3.63) is 95.1 Å². The van der Waals surface area contributed by atoms with E-state index in [1.165, 1.54) is 41.2 Å². The molecule has 1 heterocycles. The minimum atomic E-state index is -3.14. The van der Waals surface area contributed by atoms with Crippen LogP contribution in [0.4, 0.5) is 20.9 Å². The maximum Gasteiger partial charge on any atom is 0.259 e. The molecule has 0 atom stereocenters. The lowest BCUT2D eigenvalue weighted by atomic mass is 10.0. The van der Waals surface area contributed by atoms with Crippen LogP contribution in [0, 0.1) is 5.82 Å². The molecule has 0 aliphatic carbocycles. The first-order chi connectivity index (χ1) is 16.3. The number of rotatable bonds is 7. The monoisotopic (exact) mass is 495 g/mol. The Hall–Kier alpha value is -3.56. The van der Waals surface area contributed by atoms with E-state index in [0.29, 0.717) is 11.0 Å². The van der Waals surface area contributed by atoms with Gasteiger partial charge >= 0.3 is 0 Å². The highest BCUT2D eigenvalue weighted by Gasteiger charge is 2.20. The van der Waals surface area contributed by atoms with Crippen LogP contribution >= 0.6 is 11.3 Å². The van der Waals surface area contributed by atoms with Crippen LogP contribution in [0.1, 0.15) is 35.7 Å². The maximum absolute atomic E-state index is 13.3. The quantitative estimate of drug-likeness (QED) is 0.309. The zero-order chi connectivity index (χ0) is 24.2. The second kappa shape index (κ2) is 10.1. The number of aromatic nitrogens is 1. The molecule has 0 spiro atoms. The summed E-state index contributed by atoms with van der Waals surface area (Å²) in [6.45, 7) is 4.26. The van der Waals surface area contributed by atoms with E-state index in [2.05, 4.69) is 36.3 Å². The van der Waals surface area contributed by atoms with Gasteiger partial charge in [0, 0.05) is 10.9 Å². The van der Waals surface area contributed by atoms with E-state index in [-0.39, 0.29) is 16.9 Å². The minimum absolute atomic E-state index is 0.143. The van der Waals surface area contributed by atoms with Gasteiger partial charge in [-0.1, -0.05) is 50.2 Å². The number of amides is 1. The summed E-state index contributed by atoms with van der Waals surface area (Å²) in [5, 5.41) is 5.00. The fourth-order valence-corrected chi connectivity index (χ4v) is 4.81. The van der Waals surface area contributed by atoms with Gasteiger partial charge in [-0.2, -0.15) is 0 Å². The van der Waals surface area contributed by atoms with Gasteiger partial charge in [-0.15, -0.1) is 11.3 Å². The molecular formula is C25H22FN3O3S2. The predicted molar refractivity (Wildman–Crippen MR) is 135 cm³/mol. The molecule has 0 aliphatic rings. The van der Waals surface area contributed by atoms with E-state index in [9.17, 15) is 17.6 Å². The van der Waals surface area contributed by atoms with Crippen molar-refractivity contribution in [3.63, 3.8) is 0 Å². The zero-order valence-electron chi connectivity index (χ0n) is 18.4. The number of thiazole rings is 1. The average molecular weight is 496 g/mol. The van der Waals surface area contributed by atoms with Gasteiger partial charge in [-0.05, 0) is 47.9 Å². The van der Waals surface area contributed by atoms with Crippen molar-refractivity contribution >= 4 is 44.6 Å². The van der Waals surface area contributed by atoms with Crippen LogP contribution in [0.5, 0.6) is 0 Å². The largest absolute Gasteiger partial charge is 0.298 e. The summed E-state index contributed by atoms with van der Waals surface area (Å²) in [6, 6.07) is 19.4. The summed E-state index contributed by atoms with van der Waals surface area (Å²) in [4.78, 5) is 17.6. The third kappa shape index (κ3) is 5.16. The maximum atomic E-state index is 13.3. The summed E-state index contributed by atoms with van der Waals surface area (Å²) in [5.41, 5.74) is 3.42. The molecule has 1 N–H and O–H groups in total. The van der Waals surface area contributed by atoms with E-state index in [4.69, 9.17) is 0 Å². The van der Waals surface area contributed by atoms with E-state index in [0.717, 1.165) is 27.7 Å². The van der Waals surface area contributed by atoms with Gasteiger partial charge in [0.1, 0.15) is 5.82 Å². The second-order valence-electron chi connectivity index (χ2n) is 7.81. The van der Waals surface area contributed by atoms with Crippen molar-refractivity contribution in [2.24, 2.45) is 0 Å². The Morgan fingerprint density at radius 3 is 2.32 bits per heavy atom. The average Bonchev–Trinajstić information content (AvgIpc) is 3.29. The predicted octanol–water partition coefficient (Wildman–Crippen LogP) is 5.99. The van der Waals surface area contributed by atoms with Gasteiger partial charge in [0.15, 0.2) is 5.13 Å². The van der Waals surface area contributed by atoms with Crippen molar-refractivity contribution in [1.29, 1.82) is 0 Å². The fourth-order valence-electron chi connectivity index (χ4n) is 3.42. The second-order valence-corrected chi connectivity index (χ2v) is 9.55. The van der Waals surface area contributed by atoms with Crippen LogP contribution in [0.15, 0.2) is 78.2 Å². The SMILES string of the molecule is CC(C)c1ccc(-c2csc(NC(=O)c3ccccc3N(c3ccc(F)cc3)[SH](=O)=O)n2)cc1. The highest BCUT2D eigenvalue weighted by atomic mass is 32.2. The number of benzene rings is 3. The minimum Gasteiger partial charge on any atom is -0.298 e. The molecule has 34 heavy (non-hydrogen) atoms. The number of nitrogens with one attached hydrogen (secondary N) is 1. The number of thiol groups is 1. The Balaban J connectivity index is 1.60. The van der Waals surface area contributed by atoms with Crippen LogP contribution in [-0.4, -0.2) is 19.3 Å². The van der Waals surface area contributed by atoms with Crippen molar-refractivity contribution in [2.75, 3.05) is 9.62 Å². The number of carbonyl (C=O) groups is 1. The number of hydrogen-bond donors (Lipinski definition) is 2. The molecule has 6 nitrogen and oxygen atoms in total. The summed E-state index contributed by atoms with van der Waals surface area (Å²) >= 11 is 1.28. The number of hydrogen-bond acceptors (Lipinski definition) is 5. The summed E-state index contributed by atoms with van der Waals surface area (Å²) in [5.74, 6) is -0.567. The van der Waals surface area contributed by atoms with Crippen molar-refractivity contribution in [1.82, 2.24) is 4.98 Å². The molecule has 0 radical (unpaired) electrons. The van der Waals surface area contributed by atoms with Crippen LogP contribution in [0.3, 0.4) is 0 Å². The standard InChI is InChI=1S/C25H22FN3O3S2/c1-16(2)17-7-9-18(10-8-17)22-15-33-25(27-22)28-24(30)21-5-3-4-6-23(21)29(34(31)32)20-13-11-19(26)12-14-20/h3-16,34H,1-2H3,(H,27,28,30).